The van der Waals surface area contributed by atoms with Crippen molar-refractivity contribution in [2.45, 2.75) is 63.6 Å². The smallest absolute Gasteiger partial charge is 0.362 e. The summed E-state index contributed by atoms with van der Waals surface area (Å²) in [6.45, 7) is 3.50. The van der Waals surface area contributed by atoms with E-state index in [1.54, 1.807) is 21.3 Å². The Labute approximate surface area is 305 Å². The molecule has 6 bridgehead atoms. The number of carbonyl (C=O) groups is 1. The van der Waals surface area contributed by atoms with Crippen molar-refractivity contribution in [1.82, 2.24) is 4.90 Å². The number of methoxy groups -OCH3 is 3. The Morgan fingerprint density at radius 1 is 0.885 bits per heavy atom. The average Bonchev–Trinajstić information content (AvgIpc) is 3.14. The Morgan fingerprint density at radius 2 is 1.58 bits per heavy atom. The molecule has 0 aliphatic carbocycles. The number of aromatic hydroxyl groups is 1. The van der Waals surface area contributed by atoms with Gasteiger partial charge in [0.1, 0.15) is 11.8 Å². The van der Waals surface area contributed by atoms with Crippen LogP contribution in [-0.2, 0) is 30.5 Å². The number of hydrogen-bond acceptors (Lipinski definition) is 8. The van der Waals surface area contributed by atoms with Gasteiger partial charge < -0.3 is 38.4 Å². The number of likely N-dealkylation sites (N-methyl/N-ethyl adjacent to an activating group) is 2. The Bertz CT molecular complexity index is 1980. The van der Waals surface area contributed by atoms with Crippen LogP contribution in [0.1, 0.15) is 65.2 Å². The van der Waals surface area contributed by atoms with E-state index in [4.69, 9.17) is 23.7 Å². The fraction of sp³-hybridized carbons (Fsp3) is 0.405. The molecule has 0 radical (unpaired) electrons. The van der Waals surface area contributed by atoms with Gasteiger partial charge >= 0.3 is 5.97 Å². The van der Waals surface area contributed by atoms with Crippen LogP contribution >= 0.6 is 0 Å². The van der Waals surface area contributed by atoms with Gasteiger partial charge in [-0.25, -0.2) is 4.79 Å². The average molecular weight is 710 g/mol. The molecule has 4 aliphatic heterocycles. The van der Waals surface area contributed by atoms with Crippen LogP contribution in [0.2, 0.25) is 0 Å². The van der Waals surface area contributed by atoms with E-state index in [9.17, 15) is 15.0 Å². The number of aliphatic carboxylic acids is 1. The van der Waals surface area contributed by atoms with Gasteiger partial charge in [0.05, 0.1) is 34.9 Å². The highest BCUT2D eigenvalue weighted by Crippen LogP contribution is 2.52. The van der Waals surface area contributed by atoms with E-state index in [-0.39, 0.29) is 17.8 Å². The second-order valence-electron chi connectivity index (χ2n) is 14.5. The van der Waals surface area contributed by atoms with Crippen molar-refractivity contribution in [3.05, 3.63) is 94.0 Å². The highest BCUT2D eigenvalue weighted by atomic mass is 16.5. The second kappa shape index (κ2) is 14.2. The van der Waals surface area contributed by atoms with E-state index in [1.807, 2.05) is 55.5 Å². The Kier molecular flexibility index (Phi) is 9.71. The molecule has 8 rings (SSSR count). The molecule has 4 unspecified atom stereocenters. The van der Waals surface area contributed by atoms with E-state index >= 15 is 0 Å². The molecule has 0 saturated carbocycles. The molecule has 0 saturated heterocycles. The van der Waals surface area contributed by atoms with Crippen molar-refractivity contribution in [2.24, 2.45) is 0 Å². The number of phenolic OH excluding ortho intramolecular Hbond substituents is 1. The lowest BCUT2D eigenvalue weighted by Gasteiger charge is -2.49. The SMILES string of the molecule is CCCC(C(=O)O)[N+]1(C)CCc2cc(OC)c3cc2C1Cc1ccc(cc1)Oc1cc(ccc1OC)CC1c2c(cc(OC)c(O)c2O3)CCN1C. The van der Waals surface area contributed by atoms with E-state index < -0.39 is 12.0 Å². The van der Waals surface area contributed by atoms with Gasteiger partial charge in [0, 0.05) is 43.0 Å². The molecule has 0 spiro atoms. The Hall–Kier alpha value is -4.93. The number of quaternary nitrogens is 1. The molecule has 0 fully saturated rings. The minimum absolute atomic E-state index is 0.0833. The van der Waals surface area contributed by atoms with Crippen LogP contribution in [0.5, 0.6) is 46.0 Å². The van der Waals surface area contributed by atoms with Gasteiger partial charge in [-0.05, 0) is 91.0 Å². The topological polar surface area (TPSA) is 107 Å². The fourth-order valence-corrected chi connectivity index (χ4v) is 8.61. The first-order chi connectivity index (χ1) is 25.1. The van der Waals surface area contributed by atoms with Crippen LogP contribution in [0.25, 0.3) is 0 Å². The van der Waals surface area contributed by atoms with E-state index in [0.29, 0.717) is 77.0 Å². The van der Waals surface area contributed by atoms with Gasteiger partial charge in [-0.1, -0.05) is 25.1 Å². The number of rotatable bonds is 7. The quantitative estimate of drug-likeness (QED) is 0.188. The zero-order valence-electron chi connectivity index (χ0n) is 30.9. The maximum atomic E-state index is 12.9. The van der Waals surface area contributed by atoms with Gasteiger partial charge in [-0.15, -0.1) is 0 Å². The first-order valence-corrected chi connectivity index (χ1v) is 18.1. The van der Waals surface area contributed by atoms with Gasteiger partial charge in [-0.3, -0.25) is 4.90 Å². The lowest BCUT2D eigenvalue weighted by atomic mass is 9.84. The fourth-order valence-electron chi connectivity index (χ4n) is 8.61. The third kappa shape index (κ3) is 6.28. The molecule has 4 aromatic rings. The molecular formula is C42H49N2O8+. The zero-order valence-corrected chi connectivity index (χ0v) is 30.9. The first-order valence-electron chi connectivity index (χ1n) is 18.1. The van der Waals surface area contributed by atoms with Crippen LogP contribution in [0.4, 0.5) is 0 Å². The molecule has 274 valence electrons. The molecule has 4 atom stereocenters. The summed E-state index contributed by atoms with van der Waals surface area (Å²) in [4.78, 5) is 15.2. The standard InChI is InChI=1S/C42H48N2O8/c1-7-8-32(42(46)47)44(3)18-16-27-22-35(49-5)37-24-30(27)33(44)20-25-9-12-29(13-10-25)51-36-21-26(11-14-34(36)48-4)19-31-39-28(15-17-43(31)2)23-38(50-6)40(45)41(39)52-37/h9-14,21-24,31-33H,7-8,15-20H2,1-6H3,(H-,45,46,47)/p+1. The van der Waals surface area contributed by atoms with Gasteiger partial charge in [0.15, 0.2) is 40.5 Å². The van der Waals surface area contributed by atoms with Crippen molar-refractivity contribution in [3.63, 3.8) is 0 Å². The minimum Gasteiger partial charge on any atom is -0.502 e. The van der Waals surface area contributed by atoms with E-state index in [1.165, 1.54) is 0 Å². The van der Waals surface area contributed by atoms with Gasteiger partial charge in [0.25, 0.3) is 0 Å². The highest BCUT2D eigenvalue weighted by Gasteiger charge is 2.48. The zero-order chi connectivity index (χ0) is 36.7. The highest BCUT2D eigenvalue weighted by molar-refractivity contribution is 5.72. The van der Waals surface area contributed by atoms with E-state index in [0.717, 1.165) is 52.8 Å². The maximum absolute atomic E-state index is 12.9. The second-order valence-corrected chi connectivity index (χ2v) is 14.5. The summed E-state index contributed by atoms with van der Waals surface area (Å²) in [5.41, 5.74) is 6.12. The van der Waals surface area contributed by atoms with Crippen LogP contribution in [0.15, 0.2) is 60.7 Å². The molecule has 0 amide bonds. The lowest BCUT2D eigenvalue weighted by molar-refractivity contribution is -0.956. The number of hydrogen-bond donors (Lipinski definition) is 2. The summed E-state index contributed by atoms with van der Waals surface area (Å²) in [6.07, 6.45) is 3.95. The van der Waals surface area contributed by atoms with E-state index in [2.05, 4.69) is 31.1 Å². The number of benzene rings is 4. The molecule has 52 heavy (non-hydrogen) atoms. The van der Waals surface area contributed by atoms with Crippen molar-refractivity contribution < 1.29 is 43.2 Å². The molecule has 0 aromatic heterocycles. The number of ether oxygens (including phenoxy) is 5. The number of nitrogens with zero attached hydrogens (tertiary/aromatic N) is 2. The number of carboxylic acids is 1. The minimum atomic E-state index is -0.791. The number of fused-ring (bicyclic) bond motifs is 2. The van der Waals surface area contributed by atoms with Crippen molar-refractivity contribution in [1.29, 1.82) is 0 Å². The number of carboxylic acid groups (broad SMARTS) is 1. The molecule has 2 N–H and O–H groups in total. The monoisotopic (exact) mass is 709 g/mol. The van der Waals surface area contributed by atoms with Gasteiger partial charge in [-0.2, -0.15) is 0 Å². The summed E-state index contributed by atoms with van der Waals surface area (Å²) < 4.78 is 31.1. The maximum Gasteiger partial charge on any atom is 0.362 e. The molecule has 10 heteroatoms. The summed E-state index contributed by atoms with van der Waals surface area (Å²) in [7, 11) is 8.97. The molecular weight excluding hydrogens is 660 g/mol. The van der Waals surface area contributed by atoms with Crippen molar-refractivity contribution >= 4 is 5.97 Å². The summed E-state index contributed by atoms with van der Waals surface area (Å²) in [5, 5.41) is 22.4. The van der Waals surface area contributed by atoms with Crippen LogP contribution in [-0.4, -0.2) is 80.1 Å². The summed E-state index contributed by atoms with van der Waals surface area (Å²) >= 11 is 0. The summed E-state index contributed by atoms with van der Waals surface area (Å²) in [5.74, 6) is 2.69. The molecule has 10 nitrogen and oxygen atoms in total. The largest absolute Gasteiger partial charge is 0.502 e. The molecule has 4 aromatic carbocycles. The predicted octanol–water partition coefficient (Wildman–Crippen LogP) is 7.63. The molecule has 4 heterocycles. The van der Waals surface area contributed by atoms with Crippen LogP contribution in [0.3, 0.4) is 0 Å². The number of phenols is 1. The summed E-state index contributed by atoms with van der Waals surface area (Å²) in [6, 6.07) is 19.0. The third-order valence-electron chi connectivity index (χ3n) is 11.5. The van der Waals surface area contributed by atoms with Crippen molar-refractivity contribution in [2.75, 3.05) is 48.5 Å². The Balaban J connectivity index is 1.48. The predicted molar refractivity (Wildman–Crippen MR) is 198 cm³/mol. The molecule has 4 aliphatic rings. The van der Waals surface area contributed by atoms with Crippen LogP contribution < -0.4 is 23.7 Å². The lowest BCUT2D eigenvalue weighted by Crippen LogP contribution is -2.60. The first kappa shape index (κ1) is 35.5. The Morgan fingerprint density at radius 3 is 2.27 bits per heavy atom. The third-order valence-corrected chi connectivity index (χ3v) is 11.5. The van der Waals surface area contributed by atoms with Crippen molar-refractivity contribution in [3.8, 4) is 46.0 Å². The normalized spacial score (nSPS) is 21.4. The van der Waals surface area contributed by atoms with Crippen LogP contribution in [0, 0.1) is 0 Å². The van der Waals surface area contributed by atoms with Gasteiger partial charge in [0.2, 0.25) is 5.75 Å².